The molecule has 2 aliphatic heterocycles. The van der Waals surface area contributed by atoms with Gasteiger partial charge in [-0.25, -0.2) is 0 Å². The van der Waals surface area contributed by atoms with Crippen molar-refractivity contribution in [3.63, 3.8) is 0 Å². The van der Waals surface area contributed by atoms with Crippen LogP contribution in [0.4, 0.5) is 5.69 Å². The molecule has 2 aromatic rings. The summed E-state index contributed by atoms with van der Waals surface area (Å²) in [6, 6.07) is 12.1. The van der Waals surface area contributed by atoms with E-state index < -0.39 is 0 Å². The summed E-state index contributed by atoms with van der Waals surface area (Å²) in [5.74, 6) is 1.94. The molecule has 0 aliphatic carbocycles. The van der Waals surface area contributed by atoms with Crippen LogP contribution in [0.1, 0.15) is 53.7 Å². The van der Waals surface area contributed by atoms with Gasteiger partial charge < -0.3 is 15.1 Å². The molecule has 0 saturated carbocycles. The molecule has 1 N–H and O–H groups in total. The minimum atomic E-state index is -0.0714. The third kappa shape index (κ3) is 6.02. The topological polar surface area (TPSA) is 52.7 Å². The summed E-state index contributed by atoms with van der Waals surface area (Å²) in [5, 5.41) is 3.08. The molecule has 2 amide bonds. The van der Waals surface area contributed by atoms with Gasteiger partial charge in [-0.1, -0.05) is 37.6 Å². The van der Waals surface area contributed by atoms with Crippen molar-refractivity contribution in [2.45, 2.75) is 52.0 Å². The number of anilines is 1. The standard InChI is InChI=1S/C28H37N3O2S/c1-19-6-7-22(4)24(13-19)17-31-25-14-23(8-9-26(25)34-18-27(31)32)28(33)29-10-5-11-30-15-20(2)12-21(3)16-30/h6-9,13-14,20-21H,5,10-12,15-18H2,1-4H3,(H,29,33)/t20-,21-/m1/s1. The maximum atomic E-state index is 12.9. The van der Waals surface area contributed by atoms with Crippen LogP contribution in [0.3, 0.4) is 0 Å². The molecule has 1 fully saturated rings. The van der Waals surface area contributed by atoms with Crippen LogP contribution in [-0.4, -0.2) is 48.6 Å². The number of likely N-dealkylation sites (tertiary alicyclic amines) is 1. The van der Waals surface area contributed by atoms with E-state index in [1.54, 1.807) is 11.8 Å². The zero-order valence-electron chi connectivity index (χ0n) is 20.9. The molecule has 2 heterocycles. The lowest BCUT2D eigenvalue weighted by Gasteiger charge is -2.34. The van der Waals surface area contributed by atoms with Crippen LogP contribution in [0.25, 0.3) is 0 Å². The minimum absolute atomic E-state index is 0.0714. The summed E-state index contributed by atoms with van der Waals surface area (Å²) in [7, 11) is 0. The van der Waals surface area contributed by atoms with Crippen molar-refractivity contribution in [1.29, 1.82) is 0 Å². The molecule has 2 aromatic carbocycles. The van der Waals surface area contributed by atoms with E-state index in [1.807, 2.05) is 23.1 Å². The Kier molecular flexibility index (Phi) is 7.99. The Labute approximate surface area is 208 Å². The van der Waals surface area contributed by atoms with E-state index in [0.717, 1.165) is 54.0 Å². The molecule has 2 aliphatic rings. The van der Waals surface area contributed by atoms with Gasteiger partial charge in [0.2, 0.25) is 5.91 Å². The second-order valence-electron chi connectivity index (χ2n) is 10.2. The first-order valence-electron chi connectivity index (χ1n) is 12.4. The number of amides is 2. The van der Waals surface area contributed by atoms with Crippen molar-refractivity contribution < 1.29 is 9.59 Å². The molecule has 0 aromatic heterocycles. The summed E-state index contributed by atoms with van der Waals surface area (Å²) < 4.78 is 0. The number of thioether (sulfide) groups is 1. The third-order valence-electron chi connectivity index (χ3n) is 6.88. The summed E-state index contributed by atoms with van der Waals surface area (Å²) in [6.07, 6.45) is 2.26. The van der Waals surface area contributed by atoms with Crippen molar-refractivity contribution in [3.8, 4) is 0 Å². The molecular formula is C28H37N3O2S. The molecule has 1 saturated heterocycles. The lowest BCUT2D eigenvalue weighted by atomic mass is 9.92. The number of rotatable bonds is 7. The van der Waals surface area contributed by atoms with Crippen molar-refractivity contribution in [3.05, 3.63) is 58.7 Å². The van der Waals surface area contributed by atoms with E-state index in [9.17, 15) is 9.59 Å². The Morgan fingerprint density at radius 2 is 1.85 bits per heavy atom. The zero-order chi connectivity index (χ0) is 24.2. The molecule has 0 unspecified atom stereocenters. The molecule has 4 rings (SSSR count). The highest BCUT2D eigenvalue weighted by Crippen LogP contribution is 2.37. The first-order valence-corrected chi connectivity index (χ1v) is 13.4. The lowest BCUT2D eigenvalue weighted by Crippen LogP contribution is -2.40. The number of fused-ring (bicyclic) bond motifs is 1. The monoisotopic (exact) mass is 479 g/mol. The Morgan fingerprint density at radius 3 is 2.62 bits per heavy atom. The molecule has 0 radical (unpaired) electrons. The number of hydrogen-bond donors (Lipinski definition) is 1. The number of piperidine rings is 1. The Hall–Kier alpha value is -2.31. The van der Waals surface area contributed by atoms with Crippen LogP contribution in [-0.2, 0) is 11.3 Å². The number of nitrogens with one attached hydrogen (secondary N) is 1. The summed E-state index contributed by atoms with van der Waals surface area (Å²) >= 11 is 1.55. The number of benzene rings is 2. The fraction of sp³-hybridized carbons (Fsp3) is 0.500. The number of carbonyl (C=O) groups excluding carboxylic acids is 2. The molecule has 0 bridgehead atoms. The second kappa shape index (κ2) is 11.0. The van der Waals surface area contributed by atoms with Crippen molar-refractivity contribution >= 4 is 29.3 Å². The quantitative estimate of drug-likeness (QED) is 0.565. The molecule has 182 valence electrons. The second-order valence-corrected chi connectivity index (χ2v) is 11.2. The largest absolute Gasteiger partial charge is 0.352 e. The van der Waals surface area contributed by atoms with Crippen LogP contribution in [0.5, 0.6) is 0 Å². The molecular weight excluding hydrogens is 442 g/mol. The van der Waals surface area contributed by atoms with Gasteiger partial charge in [0.1, 0.15) is 0 Å². The van der Waals surface area contributed by atoms with Gasteiger partial charge >= 0.3 is 0 Å². The maximum absolute atomic E-state index is 12.9. The number of aryl methyl sites for hydroxylation is 2. The van der Waals surface area contributed by atoms with Crippen LogP contribution in [0.15, 0.2) is 41.3 Å². The highest BCUT2D eigenvalue weighted by molar-refractivity contribution is 8.00. The predicted molar refractivity (Wildman–Crippen MR) is 141 cm³/mol. The highest BCUT2D eigenvalue weighted by Gasteiger charge is 2.26. The smallest absolute Gasteiger partial charge is 0.251 e. The molecule has 6 heteroatoms. The van der Waals surface area contributed by atoms with Gasteiger partial charge in [0.25, 0.3) is 5.91 Å². The van der Waals surface area contributed by atoms with Crippen LogP contribution in [0.2, 0.25) is 0 Å². The number of nitrogens with zero attached hydrogens (tertiary/aromatic N) is 2. The van der Waals surface area contributed by atoms with Gasteiger partial charge in [-0.15, -0.1) is 11.8 Å². The summed E-state index contributed by atoms with van der Waals surface area (Å²) in [4.78, 5) is 31.2. The Bertz CT molecular complexity index is 1040. The van der Waals surface area contributed by atoms with E-state index in [-0.39, 0.29) is 11.8 Å². The van der Waals surface area contributed by atoms with Gasteiger partial charge in [0, 0.05) is 30.1 Å². The SMILES string of the molecule is Cc1ccc(C)c(CN2C(=O)CSc3ccc(C(=O)NCCCN4C[C@H](C)C[C@@H](C)C4)cc32)c1. The van der Waals surface area contributed by atoms with E-state index in [2.05, 4.69) is 56.1 Å². The van der Waals surface area contributed by atoms with Crippen LogP contribution in [0, 0.1) is 25.7 Å². The van der Waals surface area contributed by atoms with E-state index in [0.29, 0.717) is 24.4 Å². The molecule has 34 heavy (non-hydrogen) atoms. The average molecular weight is 480 g/mol. The van der Waals surface area contributed by atoms with E-state index in [4.69, 9.17) is 0 Å². The van der Waals surface area contributed by atoms with E-state index in [1.165, 1.54) is 17.5 Å². The average Bonchev–Trinajstić information content (AvgIpc) is 2.80. The number of hydrogen-bond acceptors (Lipinski definition) is 4. The summed E-state index contributed by atoms with van der Waals surface area (Å²) in [5.41, 5.74) is 4.94. The first-order chi connectivity index (χ1) is 16.3. The third-order valence-corrected chi connectivity index (χ3v) is 7.93. The van der Waals surface area contributed by atoms with Crippen LogP contribution < -0.4 is 10.2 Å². The maximum Gasteiger partial charge on any atom is 0.251 e. The van der Waals surface area contributed by atoms with Gasteiger partial charge in [0.15, 0.2) is 0 Å². The van der Waals surface area contributed by atoms with Crippen molar-refractivity contribution in [2.24, 2.45) is 11.8 Å². The minimum Gasteiger partial charge on any atom is -0.352 e. The first kappa shape index (κ1) is 24.8. The normalized spacial score (nSPS) is 20.8. The predicted octanol–water partition coefficient (Wildman–Crippen LogP) is 5.04. The fourth-order valence-corrected chi connectivity index (χ4v) is 6.15. The van der Waals surface area contributed by atoms with Gasteiger partial charge in [0.05, 0.1) is 18.0 Å². The highest BCUT2D eigenvalue weighted by atomic mass is 32.2. The van der Waals surface area contributed by atoms with Gasteiger partial charge in [-0.2, -0.15) is 0 Å². The van der Waals surface area contributed by atoms with Crippen molar-refractivity contribution in [1.82, 2.24) is 10.2 Å². The van der Waals surface area contributed by atoms with E-state index >= 15 is 0 Å². The van der Waals surface area contributed by atoms with Crippen LogP contribution >= 0.6 is 11.8 Å². The zero-order valence-corrected chi connectivity index (χ0v) is 21.7. The lowest BCUT2D eigenvalue weighted by molar-refractivity contribution is -0.116. The summed E-state index contributed by atoms with van der Waals surface area (Å²) in [6.45, 7) is 13.3. The molecule has 2 atom stereocenters. The van der Waals surface area contributed by atoms with Gasteiger partial charge in [-0.05, 0) is 74.4 Å². The molecule has 5 nitrogen and oxygen atoms in total. The Morgan fingerprint density at radius 1 is 1.09 bits per heavy atom. The Balaban J connectivity index is 1.39. The van der Waals surface area contributed by atoms with Gasteiger partial charge in [-0.3, -0.25) is 9.59 Å². The number of carbonyl (C=O) groups is 2. The molecule has 0 spiro atoms. The fourth-order valence-electron chi connectivity index (χ4n) is 5.24. The van der Waals surface area contributed by atoms with Crippen molar-refractivity contribution in [2.75, 3.05) is 36.8 Å².